The van der Waals surface area contributed by atoms with Crippen molar-refractivity contribution in [3.05, 3.63) is 35.1 Å². The number of thioether (sulfide) groups is 1. The Kier molecular flexibility index (Phi) is 6.55. The van der Waals surface area contributed by atoms with E-state index in [1.165, 1.54) is 19.3 Å². The number of aliphatic imine (C=N–C) groups is 1. The lowest BCUT2D eigenvalue weighted by Crippen LogP contribution is -2.42. The van der Waals surface area contributed by atoms with Crippen LogP contribution in [0.25, 0.3) is 0 Å². The van der Waals surface area contributed by atoms with E-state index >= 15 is 0 Å². The average molecular weight is 323 g/mol. The summed E-state index contributed by atoms with van der Waals surface area (Å²) in [6.45, 7) is 5.15. The van der Waals surface area contributed by atoms with Crippen molar-refractivity contribution in [1.29, 1.82) is 0 Å². The molecule has 1 aromatic rings. The van der Waals surface area contributed by atoms with E-state index < -0.39 is 0 Å². The van der Waals surface area contributed by atoms with E-state index in [2.05, 4.69) is 28.8 Å². The molecule has 1 fully saturated rings. The summed E-state index contributed by atoms with van der Waals surface area (Å²) in [5, 5.41) is 7.54. The number of rotatable bonds is 5. The molecule has 0 aromatic heterocycles. The molecule has 0 saturated heterocycles. The second kappa shape index (κ2) is 8.42. The van der Waals surface area contributed by atoms with Crippen LogP contribution in [0.15, 0.2) is 23.2 Å². The van der Waals surface area contributed by atoms with E-state index in [1.54, 1.807) is 19.1 Å². The summed E-state index contributed by atoms with van der Waals surface area (Å²) in [6.07, 6.45) is 5.82. The number of guanidine groups is 1. The summed E-state index contributed by atoms with van der Waals surface area (Å²) >= 11 is 1.95. The Morgan fingerprint density at radius 3 is 2.86 bits per heavy atom. The molecule has 0 bridgehead atoms. The van der Waals surface area contributed by atoms with Crippen LogP contribution in [-0.4, -0.2) is 30.1 Å². The Hall–Kier alpha value is -1.23. The summed E-state index contributed by atoms with van der Waals surface area (Å²) < 4.78 is 13.6. The smallest absolute Gasteiger partial charge is 0.191 e. The molecule has 1 aliphatic rings. The second-order valence-corrected chi connectivity index (χ2v) is 6.93. The predicted octanol–water partition coefficient (Wildman–Crippen LogP) is 3.47. The van der Waals surface area contributed by atoms with Gasteiger partial charge in [-0.05, 0) is 56.6 Å². The molecule has 2 unspecified atom stereocenters. The third kappa shape index (κ3) is 4.90. The fraction of sp³-hybridized carbons (Fsp3) is 0.588. The van der Waals surface area contributed by atoms with Crippen molar-refractivity contribution < 1.29 is 4.39 Å². The number of hydrogen-bond acceptors (Lipinski definition) is 2. The maximum Gasteiger partial charge on any atom is 0.191 e. The molecule has 1 aromatic carbocycles. The Bertz CT molecular complexity index is 519. The Morgan fingerprint density at radius 2 is 2.23 bits per heavy atom. The average Bonchev–Trinajstić information content (AvgIpc) is 2.96. The molecule has 122 valence electrons. The van der Waals surface area contributed by atoms with Gasteiger partial charge in [0.05, 0.1) is 6.54 Å². The summed E-state index contributed by atoms with van der Waals surface area (Å²) in [5.41, 5.74) is 1.57. The van der Waals surface area contributed by atoms with Gasteiger partial charge in [-0.1, -0.05) is 12.1 Å². The van der Waals surface area contributed by atoms with Crippen LogP contribution in [0.1, 0.15) is 37.3 Å². The summed E-state index contributed by atoms with van der Waals surface area (Å²) in [4.78, 5) is 4.59. The van der Waals surface area contributed by atoms with Gasteiger partial charge in [0.2, 0.25) is 0 Å². The van der Waals surface area contributed by atoms with Crippen LogP contribution in [0.2, 0.25) is 0 Å². The first-order valence-corrected chi connectivity index (χ1v) is 9.23. The highest BCUT2D eigenvalue weighted by Gasteiger charge is 2.24. The molecule has 5 heteroatoms. The van der Waals surface area contributed by atoms with Gasteiger partial charge in [0.15, 0.2) is 5.96 Å². The Labute approximate surface area is 137 Å². The van der Waals surface area contributed by atoms with Crippen molar-refractivity contribution in [2.24, 2.45) is 4.99 Å². The fourth-order valence-electron chi connectivity index (χ4n) is 2.70. The van der Waals surface area contributed by atoms with E-state index in [0.29, 0.717) is 18.2 Å². The number of aryl methyl sites for hydroxylation is 1. The fourth-order valence-corrected chi connectivity index (χ4v) is 3.50. The second-order valence-electron chi connectivity index (χ2n) is 5.79. The minimum atomic E-state index is -0.163. The molecule has 0 amide bonds. The standard InChI is InChI=1S/C17H26FN3S/c1-4-19-17(21-14-7-8-15(10-14)22-3)20-11-13-6-5-12(2)16(18)9-13/h5-6,9,14-15H,4,7-8,10-11H2,1-3H3,(H2,19,20,21). The van der Waals surface area contributed by atoms with Gasteiger partial charge in [-0.3, -0.25) is 0 Å². The van der Waals surface area contributed by atoms with Gasteiger partial charge in [0.1, 0.15) is 5.82 Å². The Balaban J connectivity index is 1.96. The van der Waals surface area contributed by atoms with Crippen LogP contribution in [-0.2, 0) is 6.54 Å². The first-order valence-electron chi connectivity index (χ1n) is 7.95. The minimum Gasteiger partial charge on any atom is -0.357 e. The lowest BCUT2D eigenvalue weighted by Gasteiger charge is -2.17. The zero-order chi connectivity index (χ0) is 15.9. The van der Waals surface area contributed by atoms with Gasteiger partial charge >= 0.3 is 0 Å². The highest BCUT2D eigenvalue weighted by Crippen LogP contribution is 2.28. The highest BCUT2D eigenvalue weighted by molar-refractivity contribution is 7.99. The van der Waals surface area contributed by atoms with Crippen LogP contribution >= 0.6 is 11.8 Å². The van der Waals surface area contributed by atoms with Gasteiger partial charge in [-0.15, -0.1) is 0 Å². The molecular formula is C17H26FN3S. The van der Waals surface area contributed by atoms with E-state index in [1.807, 2.05) is 17.8 Å². The first kappa shape index (κ1) is 17.1. The topological polar surface area (TPSA) is 36.4 Å². The highest BCUT2D eigenvalue weighted by atomic mass is 32.2. The predicted molar refractivity (Wildman–Crippen MR) is 94.0 cm³/mol. The third-order valence-electron chi connectivity index (χ3n) is 4.06. The van der Waals surface area contributed by atoms with E-state index in [-0.39, 0.29) is 5.82 Å². The largest absolute Gasteiger partial charge is 0.357 e. The van der Waals surface area contributed by atoms with Crippen LogP contribution in [0.5, 0.6) is 0 Å². The SMILES string of the molecule is CCNC(=NCc1ccc(C)c(F)c1)NC1CCC(SC)C1. The lowest BCUT2D eigenvalue weighted by molar-refractivity contribution is 0.612. The molecule has 0 spiro atoms. The van der Waals surface area contributed by atoms with Gasteiger partial charge in [-0.2, -0.15) is 11.8 Å². The molecular weight excluding hydrogens is 297 g/mol. The van der Waals surface area contributed by atoms with E-state index in [9.17, 15) is 4.39 Å². The molecule has 2 N–H and O–H groups in total. The van der Waals surface area contributed by atoms with Crippen molar-refractivity contribution in [2.45, 2.75) is 50.9 Å². The first-order chi connectivity index (χ1) is 10.6. The van der Waals surface area contributed by atoms with Crippen molar-refractivity contribution in [2.75, 3.05) is 12.8 Å². The van der Waals surface area contributed by atoms with Gasteiger partial charge < -0.3 is 10.6 Å². The number of nitrogens with zero attached hydrogens (tertiary/aromatic N) is 1. The summed E-state index contributed by atoms with van der Waals surface area (Å²) in [5.74, 6) is 0.666. The molecule has 2 rings (SSSR count). The van der Waals surface area contributed by atoms with Crippen molar-refractivity contribution >= 4 is 17.7 Å². The summed E-state index contributed by atoms with van der Waals surface area (Å²) in [6, 6.07) is 5.80. The number of halogens is 1. The number of benzene rings is 1. The van der Waals surface area contributed by atoms with E-state index in [4.69, 9.17) is 0 Å². The normalized spacial score (nSPS) is 21.9. The minimum absolute atomic E-state index is 0.163. The van der Waals surface area contributed by atoms with Gasteiger partial charge in [0, 0.05) is 17.8 Å². The molecule has 0 aliphatic heterocycles. The van der Waals surface area contributed by atoms with Crippen molar-refractivity contribution in [1.82, 2.24) is 10.6 Å². The lowest BCUT2D eigenvalue weighted by atomic mass is 10.1. The van der Waals surface area contributed by atoms with E-state index in [0.717, 1.165) is 23.3 Å². The van der Waals surface area contributed by atoms with Crippen molar-refractivity contribution in [3.8, 4) is 0 Å². The van der Waals surface area contributed by atoms with Crippen LogP contribution < -0.4 is 10.6 Å². The Morgan fingerprint density at radius 1 is 1.41 bits per heavy atom. The van der Waals surface area contributed by atoms with Crippen LogP contribution in [0, 0.1) is 12.7 Å². The molecule has 0 heterocycles. The molecule has 1 saturated carbocycles. The van der Waals surface area contributed by atoms with Crippen LogP contribution in [0.4, 0.5) is 4.39 Å². The maximum absolute atomic E-state index is 13.6. The molecule has 1 aliphatic carbocycles. The zero-order valence-electron chi connectivity index (χ0n) is 13.7. The van der Waals surface area contributed by atoms with Crippen LogP contribution in [0.3, 0.4) is 0 Å². The van der Waals surface area contributed by atoms with Gasteiger partial charge in [-0.25, -0.2) is 9.38 Å². The number of nitrogens with one attached hydrogen (secondary N) is 2. The molecule has 2 atom stereocenters. The molecule has 3 nitrogen and oxygen atoms in total. The van der Waals surface area contributed by atoms with Crippen molar-refractivity contribution in [3.63, 3.8) is 0 Å². The quantitative estimate of drug-likeness (QED) is 0.643. The van der Waals surface area contributed by atoms with Gasteiger partial charge in [0.25, 0.3) is 0 Å². The molecule has 0 radical (unpaired) electrons. The zero-order valence-corrected chi connectivity index (χ0v) is 14.5. The number of hydrogen-bond donors (Lipinski definition) is 2. The monoisotopic (exact) mass is 323 g/mol. The third-order valence-corrected chi connectivity index (χ3v) is 5.15. The maximum atomic E-state index is 13.6. The summed E-state index contributed by atoms with van der Waals surface area (Å²) in [7, 11) is 0. The molecule has 22 heavy (non-hydrogen) atoms.